The van der Waals surface area contributed by atoms with E-state index in [9.17, 15) is 9.59 Å². The SMILES string of the molecule is C=C(C)[C@@H]1c2ccc(C(=O)NO)cc2OCCN1C(=O)C1CCOCC1. The van der Waals surface area contributed by atoms with E-state index in [2.05, 4.69) is 6.58 Å². The van der Waals surface area contributed by atoms with Crippen LogP contribution >= 0.6 is 0 Å². The highest BCUT2D eigenvalue weighted by molar-refractivity contribution is 5.94. The van der Waals surface area contributed by atoms with Crippen LogP contribution in [0.2, 0.25) is 0 Å². The van der Waals surface area contributed by atoms with Crippen LogP contribution in [-0.2, 0) is 9.53 Å². The number of carbonyl (C=O) groups excluding carboxylic acids is 2. The molecule has 7 nitrogen and oxygen atoms in total. The first kappa shape index (κ1) is 18.4. The fourth-order valence-corrected chi connectivity index (χ4v) is 3.59. The minimum absolute atomic E-state index is 0.0495. The Kier molecular flexibility index (Phi) is 5.58. The average Bonchev–Trinajstić information content (AvgIpc) is 2.86. The van der Waals surface area contributed by atoms with Crippen LogP contribution in [0.4, 0.5) is 0 Å². The lowest BCUT2D eigenvalue weighted by Gasteiger charge is -2.34. The van der Waals surface area contributed by atoms with E-state index < -0.39 is 5.91 Å². The summed E-state index contributed by atoms with van der Waals surface area (Å²) in [5.41, 5.74) is 3.53. The number of hydrogen-bond donors (Lipinski definition) is 2. The number of amides is 2. The lowest BCUT2D eigenvalue weighted by molar-refractivity contribution is -0.140. The van der Waals surface area contributed by atoms with Gasteiger partial charge in [-0.1, -0.05) is 18.2 Å². The Morgan fingerprint density at radius 1 is 1.27 bits per heavy atom. The van der Waals surface area contributed by atoms with Gasteiger partial charge in [0.15, 0.2) is 0 Å². The van der Waals surface area contributed by atoms with Gasteiger partial charge in [0.05, 0.1) is 12.6 Å². The third-order valence-corrected chi connectivity index (χ3v) is 4.89. The molecule has 0 unspecified atom stereocenters. The average molecular weight is 360 g/mol. The fourth-order valence-electron chi connectivity index (χ4n) is 3.59. The molecule has 1 fully saturated rings. The van der Waals surface area contributed by atoms with Crippen molar-refractivity contribution < 1.29 is 24.3 Å². The van der Waals surface area contributed by atoms with E-state index >= 15 is 0 Å². The molecule has 3 rings (SSSR count). The van der Waals surface area contributed by atoms with Gasteiger partial charge in [-0.2, -0.15) is 0 Å². The summed E-state index contributed by atoms with van der Waals surface area (Å²) in [5, 5.41) is 8.83. The second-order valence-electron chi connectivity index (χ2n) is 6.71. The Morgan fingerprint density at radius 2 is 2.00 bits per heavy atom. The Hall–Kier alpha value is -2.38. The molecule has 2 aliphatic heterocycles. The van der Waals surface area contributed by atoms with Gasteiger partial charge < -0.3 is 14.4 Å². The maximum atomic E-state index is 13.1. The summed E-state index contributed by atoms with van der Waals surface area (Å²) in [6.45, 7) is 7.95. The maximum absolute atomic E-state index is 13.1. The number of fused-ring (bicyclic) bond motifs is 1. The van der Waals surface area contributed by atoms with E-state index in [1.54, 1.807) is 23.7 Å². The maximum Gasteiger partial charge on any atom is 0.274 e. The van der Waals surface area contributed by atoms with E-state index in [0.29, 0.717) is 32.1 Å². The molecule has 1 atom stereocenters. The molecule has 0 aliphatic carbocycles. The zero-order valence-electron chi connectivity index (χ0n) is 14.9. The van der Waals surface area contributed by atoms with E-state index in [1.165, 1.54) is 0 Å². The van der Waals surface area contributed by atoms with E-state index in [0.717, 1.165) is 24.0 Å². The molecule has 0 radical (unpaired) electrons. The first-order valence-electron chi connectivity index (χ1n) is 8.77. The summed E-state index contributed by atoms with van der Waals surface area (Å²) in [6, 6.07) is 4.63. The first-order chi connectivity index (χ1) is 12.5. The number of rotatable bonds is 3. The van der Waals surface area contributed by atoms with Crippen LogP contribution < -0.4 is 10.2 Å². The van der Waals surface area contributed by atoms with Gasteiger partial charge in [0.2, 0.25) is 5.91 Å². The topological polar surface area (TPSA) is 88.1 Å². The largest absolute Gasteiger partial charge is 0.491 e. The summed E-state index contributed by atoms with van der Waals surface area (Å²) in [7, 11) is 0. The zero-order valence-corrected chi connectivity index (χ0v) is 14.9. The molecule has 0 spiro atoms. The fraction of sp³-hybridized carbons (Fsp3) is 0.474. The quantitative estimate of drug-likeness (QED) is 0.489. The highest BCUT2D eigenvalue weighted by Crippen LogP contribution is 2.38. The zero-order chi connectivity index (χ0) is 18.7. The van der Waals surface area contributed by atoms with Gasteiger partial charge in [-0.05, 0) is 31.9 Å². The Balaban J connectivity index is 1.94. The van der Waals surface area contributed by atoms with E-state index in [-0.39, 0.29) is 23.4 Å². The molecule has 26 heavy (non-hydrogen) atoms. The monoisotopic (exact) mass is 360 g/mol. The van der Waals surface area contributed by atoms with Crippen LogP contribution in [0.15, 0.2) is 30.4 Å². The normalized spacial score (nSPS) is 20.5. The van der Waals surface area contributed by atoms with Gasteiger partial charge in [-0.3, -0.25) is 14.8 Å². The van der Waals surface area contributed by atoms with Crippen LogP contribution in [0.3, 0.4) is 0 Å². The molecule has 2 heterocycles. The van der Waals surface area contributed by atoms with Gasteiger partial charge in [-0.15, -0.1) is 0 Å². The molecule has 140 valence electrons. The lowest BCUT2D eigenvalue weighted by Crippen LogP contribution is -2.42. The highest BCUT2D eigenvalue weighted by Gasteiger charge is 2.35. The number of benzene rings is 1. The van der Waals surface area contributed by atoms with Gasteiger partial charge in [-0.25, -0.2) is 5.48 Å². The predicted molar refractivity (Wildman–Crippen MR) is 94.0 cm³/mol. The van der Waals surface area contributed by atoms with Crippen molar-refractivity contribution in [2.75, 3.05) is 26.4 Å². The Bertz CT molecular complexity index is 712. The van der Waals surface area contributed by atoms with Crippen molar-refractivity contribution in [3.05, 3.63) is 41.5 Å². The number of hydroxylamine groups is 1. The van der Waals surface area contributed by atoms with E-state index in [4.69, 9.17) is 14.7 Å². The van der Waals surface area contributed by atoms with Crippen molar-refractivity contribution in [2.45, 2.75) is 25.8 Å². The van der Waals surface area contributed by atoms with Crippen molar-refractivity contribution in [3.63, 3.8) is 0 Å². The van der Waals surface area contributed by atoms with Crippen molar-refractivity contribution in [1.82, 2.24) is 10.4 Å². The number of carbonyl (C=O) groups is 2. The summed E-state index contributed by atoms with van der Waals surface area (Å²) in [6.07, 6.45) is 1.45. The molecule has 1 aromatic rings. The van der Waals surface area contributed by atoms with Crippen LogP contribution in [0.1, 0.15) is 41.7 Å². The number of nitrogens with zero attached hydrogens (tertiary/aromatic N) is 1. The van der Waals surface area contributed by atoms with Gasteiger partial charge >= 0.3 is 0 Å². The minimum Gasteiger partial charge on any atom is -0.491 e. The van der Waals surface area contributed by atoms with Crippen molar-refractivity contribution in [2.24, 2.45) is 5.92 Å². The molecule has 1 aromatic carbocycles. The second kappa shape index (κ2) is 7.88. The van der Waals surface area contributed by atoms with E-state index in [1.807, 2.05) is 11.8 Å². The summed E-state index contributed by atoms with van der Waals surface area (Å²) in [5.74, 6) is -0.0365. The Morgan fingerprint density at radius 3 is 2.65 bits per heavy atom. The van der Waals surface area contributed by atoms with Crippen molar-refractivity contribution in [1.29, 1.82) is 0 Å². The third-order valence-electron chi connectivity index (χ3n) is 4.89. The van der Waals surface area contributed by atoms with Crippen LogP contribution in [-0.4, -0.2) is 48.3 Å². The minimum atomic E-state index is -0.609. The number of ether oxygens (including phenoxy) is 2. The standard InChI is InChI=1S/C19H24N2O5/c1-12(2)17-15-4-3-14(18(22)20-24)11-16(15)26-10-7-21(17)19(23)13-5-8-25-9-6-13/h3-4,11,13,17,24H,1,5-10H2,2H3,(H,20,22)/t17-/m1/s1. The van der Waals surface area contributed by atoms with Crippen LogP contribution in [0.5, 0.6) is 5.75 Å². The molecular weight excluding hydrogens is 336 g/mol. The summed E-state index contributed by atoms with van der Waals surface area (Å²) in [4.78, 5) is 26.6. The van der Waals surface area contributed by atoms with Crippen LogP contribution in [0.25, 0.3) is 0 Å². The summed E-state index contributed by atoms with van der Waals surface area (Å²) < 4.78 is 11.2. The molecule has 2 aliphatic rings. The van der Waals surface area contributed by atoms with Gasteiger partial charge in [0, 0.05) is 30.3 Å². The molecule has 7 heteroatoms. The lowest BCUT2D eigenvalue weighted by atomic mass is 9.93. The second-order valence-corrected chi connectivity index (χ2v) is 6.71. The molecule has 2 N–H and O–H groups in total. The predicted octanol–water partition coefficient (Wildman–Crippen LogP) is 2.07. The van der Waals surface area contributed by atoms with Gasteiger partial charge in [0.1, 0.15) is 12.4 Å². The van der Waals surface area contributed by atoms with Crippen LogP contribution in [0, 0.1) is 5.92 Å². The highest BCUT2D eigenvalue weighted by atomic mass is 16.5. The number of hydrogen-bond acceptors (Lipinski definition) is 5. The third kappa shape index (κ3) is 3.59. The molecule has 0 bridgehead atoms. The number of nitrogens with one attached hydrogen (secondary N) is 1. The molecule has 0 aromatic heterocycles. The van der Waals surface area contributed by atoms with Crippen molar-refractivity contribution >= 4 is 11.8 Å². The molecular formula is C19H24N2O5. The Labute approximate surface area is 152 Å². The van der Waals surface area contributed by atoms with Gasteiger partial charge in [0.25, 0.3) is 5.91 Å². The molecule has 0 saturated carbocycles. The van der Waals surface area contributed by atoms with Crippen molar-refractivity contribution in [3.8, 4) is 5.75 Å². The summed E-state index contributed by atoms with van der Waals surface area (Å²) >= 11 is 0. The smallest absolute Gasteiger partial charge is 0.274 e. The molecule has 2 amide bonds. The first-order valence-corrected chi connectivity index (χ1v) is 8.77. The molecule has 1 saturated heterocycles.